The van der Waals surface area contributed by atoms with E-state index in [-0.39, 0.29) is 0 Å². The van der Waals surface area contributed by atoms with Crippen molar-refractivity contribution in [1.29, 1.82) is 0 Å². The van der Waals surface area contributed by atoms with Gasteiger partial charge in [-0.15, -0.1) is 0 Å². The predicted molar refractivity (Wildman–Crippen MR) is 83.9 cm³/mol. The Morgan fingerprint density at radius 2 is 2.00 bits per heavy atom. The molecule has 0 unspecified atom stereocenters. The Bertz CT molecular complexity index is 514. The van der Waals surface area contributed by atoms with Gasteiger partial charge in [0.1, 0.15) is 0 Å². The van der Waals surface area contributed by atoms with Gasteiger partial charge in [-0.05, 0) is 61.1 Å². The third kappa shape index (κ3) is 3.94. The first kappa shape index (κ1) is 14.8. The summed E-state index contributed by atoms with van der Waals surface area (Å²) in [5, 5.41) is 3.49. The molecule has 0 radical (unpaired) electrons. The van der Waals surface area contributed by atoms with Gasteiger partial charge in [-0.3, -0.25) is 4.98 Å². The van der Waals surface area contributed by atoms with Crippen LogP contribution in [-0.2, 0) is 13.0 Å². The fourth-order valence-corrected chi connectivity index (χ4v) is 2.55. The Morgan fingerprint density at radius 3 is 2.70 bits per heavy atom. The molecule has 3 heteroatoms. The maximum absolute atomic E-state index is 4.03. The number of hydrogen-bond acceptors (Lipinski definition) is 2. The molecule has 2 aromatic heterocycles. The van der Waals surface area contributed by atoms with Gasteiger partial charge in [0.25, 0.3) is 0 Å². The van der Waals surface area contributed by atoms with Crippen molar-refractivity contribution in [2.75, 3.05) is 6.54 Å². The van der Waals surface area contributed by atoms with E-state index in [0.717, 1.165) is 19.5 Å². The molecule has 2 heterocycles. The third-order valence-electron chi connectivity index (χ3n) is 3.73. The quantitative estimate of drug-likeness (QED) is 0.756. The minimum Gasteiger partial charge on any atom is -0.365 e. The Hall–Kier alpha value is -1.61. The average Bonchev–Trinajstić information content (AvgIpc) is 2.81. The standard InChI is InChI=1S/C17H25N3/c1-13(2)17-12-20-14(3)16(17)5-4-8-19-11-15-6-9-18-10-7-15/h6-7,9-10,12-13,19-20H,4-5,8,11H2,1-3H3. The van der Waals surface area contributed by atoms with Crippen molar-refractivity contribution in [3.63, 3.8) is 0 Å². The van der Waals surface area contributed by atoms with Crippen LogP contribution in [0.4, 0.5) is 0 Å². The summed E-state index contributed by atoms with van der Waals surface area (Å²) in [6.45, 7) is 8.66. The first-order valence-electron chi connectivity index (χ1n) is 7.45. The second-order valence-electron chi connectivity index (χ2n) is 5.64. The van der Waals surface area contributed by atoms with E-state index in [4.69, 9.17) is 0 Å². The first-order valence-corrected chi connectivity index (χ1v) is 7.45. The fraction of sp³-hybridized carbons (Fsp3) is 0.471. The number of H-pyrrole nitrogens is 1. The zero-order valence-corrected chi connectivity index (χ0v) is 12.7. The SMILES string of the molecule is Cc1[nH]cc(C(C)C)c1CCCNCc1ccncc1. The highest BCUT2D eigenvalue weighted by atomic mass is 14.8. The van der Waals surface area contributed by atoms with Crippen LogP contribution in [0.2, 0.25) is 0 Å². The van der Waals surface area contributed by atoms with Crippen molar-refractivity contribution < 1.29 is 0 Å². The van der Waals surface area contributed by atoms with E-state index < -0.39 is 0 Å². The Balaban J connectivity index is 1.75. The molecule has 0 aliphatic carbocycles. The summed E-state index contributed by atoms with van der Waals surface area (Å²) in [5.41, 5.74) is 5.59. The number of pyridine rings is 1. The molecule has 0 saturated heterocycles. The van der Waals surface area contributed by atoms with E-state index in [0.29, 0.717) is 5.92 Å². The van der Waals surface area contributed by atoms with Gasteiger partial charge < -0.3 is 10.3 Å². The maximum atomic E-state index is 4.03. The maximum Gasteiger partial charge on any atom is 0.0271 e. The molecular weight excluding hydrogens is 246 g/mol. The number of aryl methyl sites for hydroxylation is 1. The molecule has 0 bridgehead atoms. The van der Waals surface area contributed by atoms with Crippen molar-refractivity contribution in [3.8, 4) is 0 Å². The largest absolute Gasteiger partial charge is 0.365 e. The van der Waals surface area contributed by atoms with Crippen LogP contribution in [0.15, 0.2) is 30.7 Å². The predicted octanol–water partition coefficient (Wildman–Crippen LogP) is 3.56. The fourth-order valence-electron chi connectivity index (χ4n) is 2.55. The smallest absolute Gasteiger partial charge is 0.0271 e. The number of nitrogens with one attached hydrogen (secondary N) is 2. The number of hydrogen-bond donors (Lipinski definition) is 2. The molecule has 0 aliphatic heterocycles. The summed E-state index contributed by atoms with van der Waals surface area (Å²) in [4.78, 5) is 7.39. The summed E-state index contributed by atoms with van der Waals surface area (Å²) < 4.78 is 0. The molecule has 2 N–H and O–H groups in total. The summed E-state index contributed by atoms with van der Waals surface area (Å²) >= 11 is 0. The average molecular weight is 271 g/mol. The van der Waals surface area contributed by atoms with E-state index in [9.17, 15) is 0 Å². The molecule has 2 rings (SSSR count). The normalized spacial score (nSPS) is 11.2. The van der Waals surface area contributed by atoms with E-state index in [1.807, 2.05) is 12.4 Å². The summed E-state index contributed by atoms with van der Waals surface area (Å²) in [5.74, 6) is 0.597. The molecule has 0 fully saturated rings. The second kappa shape index (κ2) is 7.25. The van der Waals surface area contributed by atoms with Gasteiger partial charge in [0, 0.05) is 30.8 Å². The van der Waals surface area contributed by atoms with Gasteiger partial charge in [0.05, 0.1) is 0 Å². The highest BCUT2D eigenvalue weighted by molar-refractivity contribution is 5.32. The van der Waals surface area contributed by atoms with Gasteiger partial charge in [-0.2, -0.15) is 0 Å². The van der Waals surface area contributed by atoms with Gasteiger partial charge in [0.2, 0.25) is 0 Å². The van der Waals surface area contributed by atoms with Crippen LogP contribution < -0.4 is 5.32 Å². The van der Waals surface area contributed by atoms with Crippen molar-refractivity contribution >= 4 is 0 Å². The number of nitrogens with zero attached hydrogens (tertiary/aromatic N) is 1. The van der Waals surface area contributed by atoms with Gasteiger partial charge in [-0.1, -0.05) is 13.8 Å². The topological polar surface area (TPSA) is 40.7 Å². The van der Waals surface area contributed by atoms with Gasteiger partial charge >= 0.3 is 0 Å². The van der Waals surface area contributed by atoms with E-state index in [1.165, 1.54) is 28.8 Å². The Kier molecular flexibility index (Phi) is 5.36. The molecule has 108 valence electrons. The molecular formula is C17H25N3. The molecule has 0 aliphatic rings. The molecule has 0 atom stereocenters. The van der Waals surface area contributed by atoms with E-state index in [1.54, 1.807) is 0 Å². The minimum atomic E-state index is 0.597. The molecule has 3 nitrogen and oxygen atoms in total. The molecule has 0 amide bonds. The lowest BCUT2D eigenvalue weighted by Crippen LogP contribution is -2.15. The summed E-state index contributed by atoms with van der Waals surface area (Å²) in [6.07, 6.45) is 8.17. The summed E-state index contributed by atoms with van der Waals surface area (Å²) in [6, 6.07) is 4.11. The van der Waals surface area contributed by atoms with Crippen LogP contribution in [0.1, 0.15) is 48.6 Å². The van der Waals surface area contributed by atoms with E-state index in [2.05, 4.69) is 54.4 Å². The minimum absolute atomic E-state index is 0.597. The first-order chi connectivity index (χ1) is 9.68. The van der Waals surface area contributed by atoms with Crippen LogP contribution in [-0.4, -0.2) is 16.5 Å². The van der Waals surface area contributed by atoms with Crippen LogP contribution in [0, 0.1) is 6.92 Å². The Morgan fingerprint density at radius 1 is 1.25 bits per heavy atom. The number of rotatable bonds is 7. The van der Waals surface area contributed by atoms with Gasteiger partial charge in [0.15, 0.2) is 0 Å². The zero-order valence-electron chi connectivity index (χ0n) is 12.7. The molecule has 2 aromatic rings. The van der Waals surface area contributed by atoms with Gasteiger partial charge in [-0.25, -0.2) is 0 Å². The monoisotopic (exact) mass is 271 g/mol. The highest BCUT2D eigenvalue weighted by Gasteiger charge is 2.10. The van der Waals surface area contributed by atoms with Crippen LogP contribution in [0.25, 0.3) is 0 Å². The highest BCUT2D eigenvalue weighted by Crippen LogP contribution is 2.23. The van der Waals surface area contributed by atoms with Crippen molar-refractivity contribution in [2.45, 2.75) is 46.1 Å². The zero-order chi connectivity index (χ0) is 14.4. The van der Waals surface area contributed by atoms with Crippen molar-refractivity contribution in [3.05, 3.63) is 53.1 Å². The van der Waals surface area contributed by atoms with Crippen molar-refractivity contribution in [2.24, 2.45) is 0 Å². The van der Waals surface area contributed by atoms with Crippen molar-refractivity contribution in [1.82, 2.24) is 15.3 Å². The number of aromatic amines is 1. The molecule has 20 heavy (non-hydrogen) atoms. The lowest BCUT2D eigenvalue weighted by Gasteiger charge is -2.09. The van der Waals surface area contributed by atoms with Crippen LogP contribution in [0.3, 0.4) is 0 Å². The molecule has 0 aromatic carbocycles. The number of aromatic nitrogens is 2. The Labute approximate surface area is 121 Å². The van der Waals surface area contributed by atoms with E-state index >= 15 is 0 Å². The lowest BCUT2D eigenvalue weighted by atomic mass is 9.97. The second-order valence-corrected chi connectivity index (χ2v) is 5.64. The van der Waals surface area contributed by atoms with Crippen LogP contribution in [0.5, 0.6) is 0 Å². The summed E-state index contributed by atoms with van der Waals surface area (Å²) in [7, 11) is 0. The molecule has 0 saturated carbocycles. The molecule has 0 spiro atoms. The third-order valence-corrected chi connectivity index (χ3v) is 3.73. The van der Waals surface area contributed by atoms with Crippen LogP contribution >= 0.6 is 0 Å². The lowest BCUT2D eigenvalue weighted by molar-refractivity contribution is 0.645.